The van der Waals surface area contributed by atoms with Gasteiger partial charge in [-0.25, -0.2) is 19.3 Å². The molecule has 9 nitrogen and oxygen atoms in total. The van der Waals surface area contributed by atoms with Crippen molar-refractivity contribution in [2.75, 3.05) is 19.0 Å². The summed E-state index contributed by atoms with van der Waals surface area (Å²) in [6.07, 6.45) is 3.60. The van der Waals surface area contributed by atoms with E-state index >= 15 is 0 Å². The van der Waals surface area contributed by atoms with Gasteiger partial charge in [0, 0.05) is 54.6 Å². The highest BCUT2D eigenvalue weighted by Gasteiger charge is 2.33. The van der Waals surface area contributed by atoms with E-state index in [1.807, 2.05) is 0 Å². The normalized spacial score (nSPS) is 11.4. The Kier molecular flexibility index (Phi) is 7.06. The molecule has 0 aliphatic rings. The quantitative estimate of drug-likeness (QED) is 0.429. The number of rotatable bonds is 6. The third-order valence-electron chi connectivity index (χ3n) is 4.27. The minimum absolute atomic E-state index is 0.110. The fraction of sp³-hybridized carbons (Fsp3) is 0.190. The lowest BCUT2D eigenvalue weighted by Gasteiger charge is -2.13. The molecule has 3 aromatic heterocycles. The van der Waals surface area contributed by atoms with E-state index in [9.17, 15) is 22.8 Å². The van der Waals surface area contributed by atoms with Crippen molar-refractivity contribution in [1.29, 1.82) is 0 Å². The van der Waals surface area contributed by atoms with Crippen LogP contribution in [0.25, 0.3) is 22.9 Å². The molecule has 0 aliphatic heterocycles. The van der Waals surface area contributed by atoms with Gasteiger partial charge in [0.1, 0.15) is 5.82 Å². The van der Waals surface area contributed by atoms with Crippen LogP contribution in [-0.4, -0.2) is 45.4 Å². The van der Waals surface area contributed by atoms with Crippen molar-refractivity contribution in [2.45, 2.75) is 13.1 Å². The summed E-state index contributed by atoms with van der Waals surface area (Å²) >= 11 is 0. The number of amides is 2. The number of nitrogens with zero attached hydrogens (tertiary/aromatic N) is 4. The van der Waals surface area contributed by atoms with Crippen LogP contribution in [-0.2, 0) is 15.7 Å². The van der Waals surface area contributed by atoms with Crippen LogP contribution in [0.5, 0.6) is 0 Å². The Morgan fingerprint density at radius 2 is 2.00 bits per heavy atom. The van der Waals surface area contributed by atoms with Gasteiger partial charge in [-0.15, -0.1) is 0 Å². The summed E-state index contributed by atoms with van der Waals surface area (Å²) in [5, 5.41) is 8.69. The van der Waals surface area contributed by atoms with E-state index in [0.29, 0.717) is 23.2 Å². The van der Waals surface area contributed by atoms with Gasteiger partial charge in [0.15, 0.2) is 5.69 Å². The Morgan fingerprint density at radius 1 is 1.21 bits per heavy atom. The summed E-state index contributed by atoms with van der Waals surface area (Å²) in [5.41, 5.74) is 0.594. The van der Waals surface area contributed by atoms with Crippen molar-refractivity contribution in [2.24, 2.45) is 0 Å². The first-order valence-electron chi connectivity index (χ1n) is 9.61. The lowest BCUT2D eigenvalue weighted by atomic mass is 10.1. The fourth-order valence-corrected chi connectivity index (χ4v) is 2.78. The van der Waals surface area contributed by atoms with Gasteiger partial charge in [-0.2, -0.15) is 18.3 Å². The van der Waals surface area contributed by atoms with Gasteiger partial charge in [0.2, 0.25) is 0 Å². The molecular formula is C21H19F3N6O3. The van der Waals surface area contributed by atoms with Crippen molar-refractivity contribution in [3.63, 3.8) is 0 Å². The Labute approximate surface area is 186 Å². The summed E-state index contributed by atoms with van der Waals surface area (Å²) in [5.74, 6) is -0.446. The maximum Gasteiger partial charge on any atom is 0.435 e. The molecule has 2 N–H and O–H groups in total. The SMILES string of the molecule is CCNC(=O)Nc1cc(-n2ccc(C(F)(F)F)n2)c(-c2cncc(/C=C/C(=O)OC)c2)cn1. The van der Waals surface area contributed by atoms with Crippen molar-refractivity contribution in [3.8, 4) is 16.8 Å². The second kappa shape index (κ2) is 9.94. The van der Waals surface area contributed by atoms with Crippen molar-refractivity contribution in [3.05, 3.63) is 60.3 Å². The number of nitrogens with one attached hydrogen (secondary N) is 2. The lowest BCUT2D eigenvalue weighted by molar-refractivity contribution is -0.141. The highest BCUT2D eigenvalue weighted by Crippen LogP contribution is 2.31. The number of methoxy groups -OCH3 is 1. The molecule has 12 heteroatoms. The number of urea groups is 1. The number of esters is 1. The molecule has 172 valence electrons. The Balaban J connectivity index is 2.07. The first kappa shape index (κ1) is 23.4. The van der Waals surface area contributed by atoms with Crippen LogP contribution in [0.15, 0.2) is 49.1 Å². The molecule has 3 aromatic rings. The molecule has 2 amide bonds. The number of halogens is 3. The molecule has 33 heavy (non-hydrogen) atoms. The second-order valence-corrected chi connectivity index (χ2v) is 6.58. The van der Waals surface area contributed by atoms with Gasteiger partial charge < -0.3 is 10.1 Å². The summed E-state index contributed by atoms with van der Waals surface area (Å²) < 4.78 is 44.9. The molecule has 0 aromatic carbocycles. The van der Waals surface area contributed by atoms with Crippen LogP contribution in [0.2, 0.25) is 0 Å². The first-order valence-corrected chi connectivity index (χ1v) is 9.61. The average molecular weight is 460 g/mol. The maximum atomic E-state index is 13.1. The molecular weight excluding hydrogens is 441 g/mol. The van der Waals surface area contributed by atoms with E-state index in [1.165, 1.54) is 43.9 Å². The fourth-order valence-electron chi connectivity index (χ4n) is 2.78. The zero-order valence-corrected chi connectivity index (χ0v) is 17.6. The van der Waals surface area contributed by atoms with E-state index < -0.39 is 23.9 Å². The van der Waals surface area contributed by atoms with E-state index in [1.54, 1.807) is 13.0 Å². The molecule has 0 spiro atoms. The summed E-state index contributed by atoms with van der Waals surface area (Å²) in [6, 6.07) is 3.39. The zero-order valence-electron chi connectivity index (χ0n) is 17.6. The highest BCUT2D eigenvalue weighted by molar-refractivity contribution is 5.89. The minimum Gasteiger partial charge on any atom is -0.466 e. The van der Waals surface area contributed by atoms with Crippen LogP contribution in [0.3, 0.4) is 0 Å². The molecule has 0 bridgehead atoms. The standard InChI is InChI=1S/C21H19F3N6O3/c1-3-26-20(32)28-18-9-16(30-7-6-17(29-30)21(22,23)24)15(12-27-18)14-8-13(10-25-11-14)4-5-19(31)33-2/h4-12H,3H2,1-2H3,(H2,26,27,28,32)/b5-4+. The Hall–Kier alpha value is -4.22. The van der Waals surface area contributed by atoms with E-state index in [2.05, 4.69) is 30.4 Å². The molecule has 0 aliphatic carbocycles. The van der Waals surface area contributed by atoms with Gasteiger partial charge in [0.05, 0.1) is 12.8 Å². The smallest absolute Gasteiger partial charge is 0.435 e. The molecule has 0 unspecified atom stereocenters. The largest absolute Gasteiger partial charge is 0.466 e. The number of ether oxygens (including phenoxy) is 1. The van der Waals surface area contributed by atoms with E-state index in [-0.39, 0.29) is 11.5 Å². The summed E-state index contributed by atoms with van der Waals surface area (Å²) in [6.45, 7) is 2.11. The van der Waals surface area contributed by atoms with Crippen LogP contribution < -0.4 is 10.6 Å². The van der Waals surface area contributed by atoms with Crippen LogP contribution in [0.4, 0.5) is 23.8 Å². The number of hydrogen-bond acceptors (Lipinski definition) is 6. The molecule has 0 atom stereocenters. The predicted molar refractivity (Wildman–Crippen MR) is 113 cm³/mol. The van der Waals surface area contributed by atoms with Crippen LogP contribution in [0.1, 0.15) is 18.2 Å². The highest BCUT2D eigenvalue weighted by atomic mass is 19.4. The summed E-state index contributed by atoms with van der Waals surface area (Å²) in [4.78, 5) is 31.5. The molecule has 0 fully saturated rings. The van der Waals surface area contributed by atoms with Crippen LogP contribution >= 0.6 is 0 Å². The average Bonchev–Trinajstić information content (AvgIpc) is 3.29. The second-order valence-electron chi connectivity index (χ2n) is 6.58. The van der Waals surface area contributed by atoms with Gasteiger partial charge >= 0.3 is 18.2 Å². The van der Waals surface area contributed by atoms with Crippen molar-refractivity contribution < 1.29 is 27.5 Å². The number of carbonyl (C=O) groups excluding carboxylic acids is 2. The van der Waals surface area contributed by atoms with Gasteiger partial charge in [-0.3, -0.25) is 10.3 Å². The third kappa shape index (κ3) is 5.93. The topological polar surface area (TPSA) is 111 Å². The van der Waals surface area contributed by atoms with E-state index in [4.69, 9.17) is 0 Å². The predicted octanol–water partition coefficient (Wildman–Crippen LogP) is 3.68. The summed E-state index contributed by atoms with van der Waals surface area (Å²) in [7, 11) is 1.24. The van der Waals surface area contributed by atoms with Crippen molar-refractivity contribution >= 4 is 23.9 Å². The monoisotopic (exact) mass is 460 g/mol. The third-order valence-corrected chi connectivity index (χ3v) is 4.27. The molecule has 0 saturated carbocycles. The van der Waals surface area contributed by atoms with Gasteiger partial charge in [-0.1, -0.05) is 0 Å². The molecule has 0 saturated heterocycles. The molecule has 3 heterocycles. The molecule has 3 rings (SSSR count). The Bertz CT molecular complexity index is 1190. The van der Waals surface area contributed by atoms with Gasteiger partial charge in [0.25, 0.3) is 0 Å². The zero-order chi connectivity index (χ0) is 24.0. The molecule has 0 radical (unpaired) electrons. The number of carbonyl (C=O) groups is 2. The minimum atomic E-state index is -4.62. The number of aromatic nitrogens is 4. The van der Waals surface area contributed by atoms with Crippen molar-refractivity contribution in [1.82, 2.24) is 25.1 Å². The van der Waals surface area contributed by atoms with Gasteiger partial charge in [-0.05, 0) is 30.7 Å². The Morgan fingerprint density at radius 3 is 2.67 bits per heavy atom. The number of alkyl halides is 3. The number of anilines is 1. The lowest BCUT2D eigenvalue weighted by Crippen LogP contribution is -2.28. The number of pyridine rings is 2. The van der Waals surface area contributed by atoms with E-state index in [0.717, 1.165) is 16.9 Å². The number of hydrogen-bond donors (Lipinski definition) is 2. The van der Waals surface area contributed by atoms with Crippen LogP contribution in [0, 0.1) is 0 Å². The maximum absolute atomic E-state index is 13.1. The first-order chi connectivity index (χ1) is 15.7.